The minimum atomic E-state index is -0.0947. The SMILES string of the molecule is COc1cc(N2CCc3nc(NC(=O)C[C@@H]4CCCN4C(C)=O)sc3C2)cnc1Cl. The van der Waals surface area contributed by atoms with Crippen LogP contribution in [0.1, 0.15) is 36.8 Å². The molecule has 2 amide bonds. The first-order valence-electron chi connectivity index (χ1n) is 9.94. The second kappa shape index (κ2) is 8.77. The van der Waals surface area contributed by atoms with Crippen molar-refractivity contribution in [1.82, 2.24) is 14.9 Å². The number of carbonyl (C=O) groups is 2. The van der Waals surface area contributed by atoms with E-state index < -0.39 is 0 Å². The highest BCUT2D eigenvalue weighted by molar-refractivity contribution is 7.15. The number of carbonyl (C=O) groups excluding carboxylic acids is 2. The number of methoxy groups -OCH3 is 1. The molecule has 10 heteroatoms. The number of hydrogen-bond acceptors (Lipinski definition) is 7. The molecule has 0 aliphatic carbocycles. The number of likely N-dealkylation sites (tertiary alicyclic amines) is 1. The summed E-state index contributed by atoms with van der Waals surface area (Å²) in [7, 11) is 1.57. The molecule has 1 saturated heterocycles. The number of thiazole rings is 1. The summed E-state index contributed by atoms with van der Waals surface area (Å²) in [6, 6.07) is 1.87. The second-order valence-electron chi connectivity index (χ2n) is 7.51. The van der Waals surface area contributed by atoms with E-state index in [9.17, 15) is 9.59 Å². The minimum Gasteiger partial charge on any atom is -0.493 e. The molecule has 0 spiro atoms. The van der Waals surface area contributed by atoms with Gasteiger partial charge in [0.1, 0.15) is 0 Å². The zero-order chi connectivity index (χ0) is 21.3. The Kier molecular flexibility index (Phi) is 6.10. The van der Waals surface area contributed by atoms with E-state index >= 15 is 0 Å². The number of hydrogen-bond donors (Lipinski definition) is 1. The second-order valence-corrected chi connectivity index (χ2v) is 8.95. The van der Waals surface area contributed by atoms with E-state index in [0.29, 0.717) is 29.0 Å². The van der Waals surface area contributed by atoms with E-state index in [0.717, 1.165) is 48.6 Å². The number of aromatic nitrogens is 2. The van der Waals surface area contributed by atoms with Crippen molar-refractivity contribution in [3.63, 3.8) is 0 Å². The zero-order valence-electron chi connectivity index (χ0n) is 17.0. The minimum absolute atomic E-state index is 0.0139. The fourth-order valence-electron chi connectivity index (χ4n) is 4.05. The monoisotopic (exact) mass is 449 g/mol. The lowest BCUT2D eigenvalue weighted by atomic mass is 10.1. The maximum atomic E-state index is 12.5. The Balaban J connectivity index is 1.40. The molecule has 0 aromatic carbocycles. The van der Waals surface area contributed by atoms with Gasteiger partial charge in [-0.3, -0.25) is 9.59 Å². The lowest BCUT2D eigenvalue weighted by Crippen LogP contribution is -2.36. The van der Waals surface area contributed by atoms with Crippen molar-refractivity contribution < 1.29 is 14.3 Å². The van der Waals surface area contributed by atoms with Crippen LogP contribution in [0.5, 0.6) is 5.75 Å². The number of nitrogens with one attached hydrogen (secondary N) is 1. The van der Waals surface area contributed by atoms with Gasteiger partial charge >= 0.3 is 0 Å². The van der Waals surface area contributed by atoms with Crippen LogP contribution in [0.15, 0.2) is 12.3 Å². The summed E-state index contributed by atoms with van der Waals surface area (Å²) in [6.45, 7) is 3.78. The van der Waals surface area contributed by atoms with Gasteiger partial charge in [-0.05, 0) is 12.8 Å². The first-order chi connectivity index (χ1) is 14.4. The molecular formula is C20H24ClN5O3S. The summed E-state index contributed by atoms with van der Waals surface area (Å²) < 4.78 is 5.27. The molecule has 1 fully saturated rings. The molecule has 2 aromatic heterocycles. The van der Waals surface area contributed by atoms with Crippen LogP contribution in [0.4, 0.5) is 10.8 Å². The van der Waals surface area contributed by atoms with Gasteiger partial charge in [0.2, 0.25) is 11.8 Å². The molecule has 2 aliphatic heterocycles. The van der Waals surface area contributed by atoms with Crippen molar-refractivity contribution in [2.75, 3.05) is 30.4 Å². The highest BCUT2D eigenvalue weighted by Crippen LogP contribution is 2.33. The summed E-state index contributed by atoms with van der Waals surface area (Å²) in [5.74, 6) is 0.481. The summed E-state index contributed by atoms with van der Waals surface area (Å²) in [4.78, 5) is 38.1. The van der Waals surface area contributed by atoms with E-state index in [1.54, 1.807) is 25.1 Å². The third-order valence-corrected chi connectivity index (χ3v) is 6.84. The van der Waals surface area contributed by atoms with Crippen molar-refractivity contribution in [3.05, 3.63) is 28.0 Å². The summed E-state index contributed by atoms with van der Waals surface area (Å²) in [5, 5.41) is 3.88. The topological polar surface area (TPSA) is 87.7 Å². The van der Waals surface area contributed by atoms with Gasteiger partial charge in [0.15, 0.2) is 16.0 Å². The van der Waals surface area contributed by atoms with Crippen LogP contribution in [-0.2, 0) is 22.6 Å². The van der Waals surface area contributed by atoms with E-state index in [-0.39, 0.29) is 17.9 Å². The predicted octanol–water partition coefficient (Wildman–Crippen LogP) is 3.10. The molecule has 1 N–H and O–H groups in total. The summed E-state index contributed by atoms with van der Waals surface area (Å²) in [6.07, 6.45) is 4.65. The van der Waals surface area contributed by atoms with Crippen LogP contribution in [0, 0.1) is 0 Å². The number of anilines is 2. The normalized spacial score (nSPS) is 18.3. The molecule has 2 aliphatic rings. The molecule has 4 heterocycles. The Morgan fingerprint density at radius 1 is 1.40 bits per heavy atom. The van der Waals surface area contributed by atoms with Crippen LogP contribution in [0.25, 0.3) is 0 Å². The fourth-order valence-corrected chi connectivity index (χ4v) is 5.27. The van der Waals surface area contributed by atoms with Gasteiger partial charge in [0.05, 0.1) is 31.2 Å². The number of amides is 2. The van der Waals surface area contributed by atoms with Crippen LogP contribution in [0.3, 0.4) is 0 Å². The summed E-state index contributed by atoms with van der Waals surface area (Å²) in [5.41, 5.74) is 1.96. The largest absolute Gasteiger partial charge is 0.493 e. The zero-order valence-corrected chi connectivity index (χ0v) is 18.6. The molecule has 8 nitrogen and oxygen atoms in total. The van der Waals surface area contributed by atoms with Crippen LogP contribution in [-0.4, -0.2) is 52.9 Å². The van der Waals surface area contributed by atoms with Gasteiger partial charge in [-0.25, -0.2) is 9.97 Å². The first-order valence-corrected chi connectivity index (χ1v) is 11.1. The van der Waals surface area contributed by atoms with Crippen molar-refractivity contribution in [3.8, 4) is 5.75 Å². The van der Waals surface area contributed by atoms with Crippen molar-refractivity contribution in [2.45, 2.75) is 45.2 Å². The number of ether oxygens (including phenoxy) is 1. The number of pyridine rings is 1. The van der Waals surface area contributed by atoms with Gasteiger partial charge in [-0.2, -0.15) is 0 Å². The molecule has 0 saturated carbocycles. The van der Waals surface area contributed by atoms with Crippen molar-refractivity contribution in [2.24, 2.45) is 0 Å². The Morgan fingerprint density at radius 3 is 3.00 bits per heavy atom. The lowest BCUT2D eigenvalue weighted by molar-refractivity contribution is -0.130. The molecule has 0 radical (unpaired) electrons. The number of fused-ring (bicyclic) bond motifs is 1. The maximum Gasteiger partial charge on any atom is 0.228 e. The molecule has 30 heavy (non-hydrogen) atoms. The predicted molar refractivity (Wildman–Crippen MR) is 116 cm³/mol. The Bertz CT molecular complexity index is 966. The molecular weight excluding hydrogens is 426 g/mol. The Labute approximate surface area is 184 Å². The van der Waals surface area contributed by atoms with Crippen LogP contribution in [0.2, 0.25) is 5.15 Å². The highest BCUT2D eigenvalue weighted by atomic mass is 35.5. The molecule has 1 atom stereocenters. The number of halogens is 1. The van der Waals surface area contributed by atoms with Gasteiger partial charge in [-0.15, -0.1) is 0 Å². The lowest BCUT2D eigenvalue weighted by Gasteiger charge is -2.28. The van der Waals surface area contributed by atoms with Crippen molar-refractivity contribution >= 4 is 45.6 Å². The maximum absolute atomic E-state index is 12.5. The first kappa shape index (κ1) is 20.9. The van der Waals surface area contributed by atoms with E-state index in [2.05, 4.69) is 20.2 Å². The third-order valence-electron chi connectivity index (χ3n) is 5.56. The molecule has 2 aromatic rings. The van der Waals surface area contributed by atoms with Gasteiger partial charge in [0, 0.05) is 49.8 Å². The van der Waals surface area contributed by atoms with Crippen LogP contribution >= 0.6 is 22.9 Å². The smallest absolute Gasteiger partial charge is 0.228 e. The highest BCUT2D eigenvalue weighted by Gasteiger charge is 2.29. The van der Waals surface area contributed by atoms with Gasteiger partial charge in [0.25, 0.3) is 0 Å². The fraction of sp³-hybridized carbons (Fsp3) is 0.500. The number of nitrogens with zero attached hydrogens (tertiary/aromatic N) is 4. The van der Waals surface area contributed by atoms with Gasteiger partial charge < -0.3 is 19.9 Å². The third kappa shape index (κ3) is 4.37. The Hall–Kier alpha value is -2.39. The van der Waals surface area contributed by atoms with Crippen molar-refractivity contribution in [1.29, 1.82) is 0 Å². The molecule has 4 rings (SSSR count). The molecule has 0 unspecified atom stereocenters. The quantitative estimate of drug-likeness (QED) is 0.706. The van der Waals surface area contributed by atoms with E-state index in [4.69, 9.17) is 16.3 Å². The van der Waals surface area contributed by atoms with Crippen LogP contribution < -0.4 is 15.0 Å². The molecule has 160 valence electrons. The average Bonchev–Trinajstić information content (AvgIpc) is 3.33. The summed E-state index contributed by atoms with van der Waals surface area (Å²) >= 11 is 7.53. The Morgan fingerprint density at radius 2 is 2.23 bits per heavy atom. The average molecular weight is 450 g/mol. The number of rotatable bonds is 5. The molecule has 0 bridgehead atoms. The van der Waals surface area contributed by atoms with E-state index in [1.807, 2.05) is 6.07 Å². The van der Waals surface area contributed by atoms with E-state index in [1.165, 1.54) is 11.3 Å². The standard InChI is InChI=1S/C20H24ClN5O3S/c1-12(27)26-6-3-4-13(26)9-18(28)24-20-23-15-5-7-25(11-17(15)30-20)14-8-16(29-2)19(21)22-10-14/h8,10,13H,3-7,9,11H2,1-2H3,(H,23,24,28)/t13-/m0/s1. The van der Waals surface area contributed by atoms with Gasteiger partial charge in [-0.1, -0.05) is 22.9 Å².